The molecule has 0 amide bonds. The van der Waals surface area contributed by atoms with Crippen molar-refractivity contribution in [3.05, 3.63) is 35.9 Å². The maximum atomic E-state index is 10.6. The van der Waals surface area contributed by atoms with Gasteiger partial charge in [-0.3, -0.25) is 4.90 Å². The number of hydrogen-bond acceptors (Lipinski definition) is 3. The number of carbonyl (C=O) groups is 1. The van der Waals surface area contributed by atoms with Crippen molar-refractivity contribution in [3.8, 4) is 0 Å². The first-order chi connectivity index (χ1) is 16.2. The minimum Gasteiger partial charge on any atom is -0.478 e. The first-order valence-corrected chi connectivity index (χ1v) is 13.7. The molecule has 0 aromatic heterocycles. The monoisotopic (exact) mass is 492 g/mol. The fourth-order valence-electron chi connectivity index (χ4n) is 4.72. The number of carboxylic acid groups (broad SMARTS) is 1. The zero-order chi connectivity index (χ0) is 23.6. The number of hydrogen-bond donors (Lipinski definition) is 1. The number of unbranched alkanes of at least 4 members (excludes halogenated alkanes) is 13. The van der Waals surface area contributed by atoms with Gasteiger partial charge in [-0.1, -0.05) is 103 Å². The fraction of sp³-hybridized carbons (Fsp3) is 0.690. The van der Waals surface area contributed by atoms with Gasteiger partial charge in [0.05, 0.1) is 0 Å². The van der Waals surface area contributed by atoms with Crippen molar-refractivity contribution in [1.82, 2.24) is 4.90 Å². The lowest BCUT2D eigenvalue weighted by molar-refractivity contribution is -0.131. The standard InChI is InChI=1S/C29H48N2O2.ClH/c1-2-3-4-5-6-7-8-9-10-11-12-13-14-15-22-30-23-25-31(26-24-30)28-19-16-27(17-20-28)18-21-29(32)33;/h16-21H,2-15,22-26H2,1H3,(H,32,33);1H/b21-18+;. The van der Waals surface area contributed by atoms with E-state index in [2.05, 4.69) is 28.9 Å². The SMILES string of the molecule is CCCCCCCCCCCCCCCCN1CCN(c2ccc(/C=C/C(=O)O)cc2)CC1.Cl. The molecular formula is C29H49ClN2O2. The van der Waals surface area contributed by atoms with Crippen LogP contribution in [0.25, 0.3) is 6.08 Å². The van der Waals surface area contributed by atoms with Crippen LogP contribution in [0.5, 0.6) is 0 Å². The Morgan fingerprint density at radius 1 is 0.765 bits per heavy atom. The third kappa shape index (κ3) is 14.0. The van der Waals surface area contributed by atoms with Crippen LogP contribution in [0.2, 0.25) is 0 Å². The van der Waals surface area contributed by atoms with Crippen molar-refractivity contribution in [2.45, 2.75) is 96.8 Å². The third-order valence-corrected chi connectivity index (χ3v) is 6.88. The smallest absolute Gasteiger partial charge is 0.328 e. The molecule has 5 heteroatoms. The second-order valence-electron chi connectivity index (χ2n) is 9.69. The lowest BCUT2D eigenvalue weighted by Gasteiger charge is -2.36. The van der Waals surface area contributed by atoms with E-state index in [0.717, 1.165) is 31.7 Å². The number of halogens is 1. The number of benzene rings is 1. The molecule has 1 aliphatic heterocycles. The summed E-state index contributed by atoms with van der Waals surface area (Å²) in [7, 11) is 0. The molecule has 0 saturated carbocycles. The van der Waals surface area contributed by atoms with Crippen molar-refractivity contribution in [2.75, 3.05) is 37.6 Å². The number of nitrogens with zero attached hydrogens (tertiary/aromatic N) is 2. The lowest BCUT2D eigenvalue weighted by Crippen LogP contribution is -2.46. The quantitative estimate of drug-likeness (QED) is 0.167. The second-order valence-corrected chi connectivity index (χ2v) is 9.69. The first kappa shape index (κ1) is 30.5. The second kappa shape index (κ2) is 19.8. The highest BCUT2D eigenvalue weighted by Gasteiger charge is 2.16. The van der Waals surface area contributed by atoms with Crippen molar-refractivity contribution in [1.29, 1.82) is 0 Å². The van der Waals surface area contributed by atoms with Gasteiger partial charge < -0.3 is 10.0 Å². The van der Waals surface area contributed by atoms with E-state index in [1.807, 2.05) is 12.1 Å². The van der Waals surface area contributed by atoms with Gasteiger partial charge in [-0.05, 0) is 36.7 Å². The highest BCUT2D eigenvalue weighted by atomic mass is 35.5. The van der Waals surface area contributed by atoms with Crippen molar-refractivity contribution in [2.24, 2.45) is 0 Å². The van der Waals surface area contributed by atoms with E-state index < -0.39 is 5.97 Å². The van der Waals surface area contributed by atoms with Gasteiger partial charge in [0.1, 0.15) is 0 Å². The molecule has 0 atom stereocenters. The Balaban J connectivity index is 0.00000578. The zero-order valence-electron chi connectivity index (χ0n) is 21.6. The van der Waals surface area contributed by atoms with Gasteiger partial charge in [-0.25, -0.2) is 4.79 Å². The van der Waals surface area contributed by atoms with Gasteiger partial charge in [0.15, 0.2) is 0 Å². The first-order valence-electron chi connectivity index (χ1n) is 13.7. The van der Waals surface area contributed by atoms with E-state index in [-0.39, 0.29) is 12.4 Å². The number of rotatable bonds is 18. The van der Waals surface area contributed by atoms with Gasteiger partial charge >= 0.3 is 5.97 Å². The summed E-state index contributed by atoms with van der Waals surface area (Å²) in [5, 5.41) is 8.74. The average molecular weight is 493 g/mol. The highest BCUT2D eigenvalue weighted by Crippen LogP contribution is 2.19. The van der Waals surface area contributed by atoms with Gasteiger partial charge in [0, 0.05) is 37.9 Å². The molecule has 2 rings (SSSR count). The summed E-state index contributed by atoms with van der Waals surface area (Å²) in [5.74, 6) is -0.908. The molecule has 1 aromatic carbocycles. The van der Waals surface area contributed by atoms with E-state index in [1.165, 1.54) is 108 Å². The average Bonchev–Trinajstić information content (AvgIpc) is 2.83. The summed E-state index contributed by atoms with van der Waals surface area (Å²) < 4.78 is 0. The summed E-state index contributed by atoms with van der Waals surface area (Å²) in [6.45, 7) is 7.95. The maximum Gasteiger partial charge on any atom is 0.328 e. The molecule has 0 unspecified atom stereocenters. The molecule has 34 heavy (non-hydrogen) atoms. The molecule has 194 valence electrons. The minimum atomic E-state index is -0.908. The number of anilines is 1. The minimum absolute atomic E-state index is 0. The number of aliphatic carboxylic acids is 1. The fourth-order valence-corrected chi connectivity index (χ4v) is 4.72. The van der Waals surface area contributed by atoms with Gasteiger partial charge in [-0.15, -0.1) is 12.4 Å². The van der Waals surface area contributed by atoms with Gasteiger partial charge in [-0.2, -0.15) is 0 Å². The summed E-state index contributed by atoms with van der Waals surface area (Å²) >= 11 is 0. The van der Waals surface area contributed by atoms with E-state index in [4.69, 9.17) is 5.11 Å². The summed E-state index contributed by atoms with van der Waals surface area (Å²) in [4.78, 5) is 15.7. The van der Waals surface area contributed by atoms with Crippen LogP contribution in [0.3, 0.4) is 0 Å². The van der Waals surface area contributed by atoms with Crippen LogP contribution in [0.4, 0.5) is 5.69 Å². The molecule has 1 N–H and O–H groups in total. The molecule has 1 aromatic rings. The molecule has 0 spiro atoms. The summed E-state index contributed by atoms with van der Waals surface area (Å²) in [6, 6.07) is 8.20. The Bertz CT molecular complexity index is 655. The van der Waals surface area contributed by atoms with Crippen LogP contribution in [0, 0.1) is 0 Å². The molecule has 1 fully saturated rings. The van der Waals surface area contributed by atoms with Crippen molar-refractivity contribution in [3.63, 3.8) is 0 Å². The van der Waals surface area contributed by atoms with Crippen LogP contribution < -0.4 is 4.90 Å². The Hall–Kier alpha value is -1.52. The molecular weight excluding hydrogens is 444 g/mol. The van der Waals surface area contributed by atoms with Crippen LogP contribution >= 0.6 is 12.4 Å². The highest BCUT2D eigenvalue weighted by molar-refractivity contribution is 5.85. The maximum absolute atomic E-state index is 10.6. The molecule has 1 aliphatic rings. The van der Waals surface area contributed by atoms with Crippen LogP contribution in [0.15, 0.2) is 30.3 Å². The predicted octanol–water partition coefficient (Wildman–Crippen LogP) is 7.81. The van der Waals surface area contributed by atoms with E-state index in [1.54, 1.807) is 6.08 Å². The molecule has 4 nitrogen and oxygen atoms in total. The summed E-state index contributed by atoms with van der Waals surface area (Å²) in [6.07, 6.45) is 22.7. The van der Waals surface area contributed by atoms with E-state index >= 15 is 0 Å². The van der Waals surface area contributed by atoms with Crippen molar-refractivity contribution < 1.29 is 9.90 Å². The third-order valence-electron chi connectivity index (χ3n) is 6.88. The topological polar surface area (TPSA) is 43.8 Å². The Labute approximate surface area is 215 Å². The van der Waals surface area contributed by atoms with E-state index in [9.17, 15) is 4.79 Å². The Morgan fingerprint density at radius 3 is 1.71 bits per heavy atom. The normalized spacial score (nSPS) is 14.4. The molecule has 1 heterocycles. The Kier molecular flexibility index (Phi) is 17.7. The molecule has 0 aliphatic carbocycles. The van der Waals surface area contributed by atoms with Crippen molar-refractivity contribution >= 4 is 30.1 Å². The predicted molar refractivity (Wildman–Crippen MR) is 149 cm³/mol. The zero-order valence-corrected chi connectivity index (χ0v) is 22.4. The van der Waals surface area contributed by atoms with Gasteiger partial charge in [0.25, 0.3) is 0 Å². The molecule has 1 saturated heterocycles. The molecule has 0 bridgehead atoms. The number of piperazine rings is 1. The Morgan fingerprint density at radius 2 is 1.24 bits per heavy atom. The summed E-state index contributed by atoms with van der Waals surface area (Å²) in [5.41, 5.74) is 2.16. The van der Waals surface area contributed by atoms with Crippen LogP contribution in [-0.4, -0.2) is 48.7 Å². The van der Waals surface area contributed by atoms with Gasteiger partial charge in [0.2, 0.25) is 0 Å². The van der Waals surface area contributed by atoms with Crippen LogP contribution in [0.1, 0.15) is 102 Å². The largest absolute Gasteiger partial charge is 0.478 e. The molecule has 0 radical (unpaired) electrons. The lowest BCUT2D eigenvalue weighted by atomic mass is 10.0. The van der Waals surface area contributed by atoms with E-state index in [0.29, 0.717) is 0 Å². The number of carboxylic acids is 1. The van der Waals surface area contributed by atoms with Crippen LogP contribution in [-0.2, 0) is 4.79 Å².